The number of nitrogens with zero attached hydrogens (tertiary/aromatic N) is 1. The number of hydrogen-bond acceptors (Lipinski definition) is 2. The summed E-state index contributed by atoms with van der Waals surface area (Å²) in [5.74, 6) is 0. The van der Waals surface area contributed by atoms with Gasteiger partial charge in [0.1, 0.15) is 0 Å². The van der Waals surface area contributed by atoms with Crippen LogP contribution in [0.4, 0.5) is 0 Å². The van der Waals surface area contributed by atoms with Crippen LogP contribution >= 0.6 is 45.8 Å². The molecule has 1 unspecified atom stereocenters. The molecule has 2 rings (SSSR count). The minimum Gasteiger partial charge on any atom is -0.308 e. The van der Waals surface area contributed by atoms with Crippen LogP contribution in [-0.2, 0) is 6.42 Å². The Morgan fingerprint density at radius 2 is 1.95 bits per heavy atom. The van der Waals surface area contributed by atoms with E-state index in [9.17, 15) is 0 Å². The predicted molar refractivity (Wildman–Crippen MR) is 98.2 cm³/mol. The zero-order chi connectivity index (χ0) is 15.2. The number of nitrogens with one attached hydrogen (secondary N) is 1. The molecule has 0 fully saturated rings. The van der Waals surface area contributed by atoms with Crippen LogP contribution in [0, 0.1) is 3.57 Å². The minimum absolute atomic E-state index is 0.0924. The van der Waals surface area contributed by atoms with Crippen molar-refractivity contribution in [2.75, 3.05) is 6.54 Å². The Bertz CT molecular complexity index is 587. The Balaban J connectivity index is 2.22. The maximum atomic E-state index is 6.31. The summed E-state index contributed by atoms with van der Waals surface area (Å²) in [6.45, 7) is 3.07. The van der Waals surface area contributed by atoms with Gasteiger partial charge in [-0.15, -0.1) is 0 Å². The molecule has 0 aliphatic carbocycles. The van der Waals surface area contributed by atoms with Gasteiger partial charge in [-0.3, -0.25) is 4.98 Å². The van der Waals surface area contributed by atoms with Gasteiger partial charge in [-0.25, -0.2) is 0 Å². The first kappa shape index (κ1) is 17.0. The minimum atomic E-state index is 0.0924. The molecule has 0 radical (unpaired) electrons. The second-order valence-corrected chi connectivity index (χ2v) is 6.95. The van der Waals surface area contributed by atoms with E-state index in [0.717, 1.165) is 25.1 Å². The summed E-state index contributed by atoms with van der Waals surface area (Å²) in [7, 11) is 0. The highest BCUT2D eigenvalue weighted by molar-refractivity contribution is 14.1. The van der Waals surface area contributed by atoms with E-state index in [2.05, 4.69) is 64.1 Å². The third-order valence-corrected chi connectivity index (χ3v) is 4.39. The van der Waals surface area contributed by atoms with E-state index < -0.39 is 0 Å². The first-order valence-corrected chi connectivity index (χ1v) is 8.72. The highest BCUT2D eigenvalue weighted by Gasteiger charge is 2.16. The lowest BCUT2D eigenvalue weighted by atomic mass is 10.0. The summed E-state index contributed by atoms with van der Waals surface area (Å²) in [5, 5.41) is 4.69. The van der Waals surface area contributed by atoms with E-state index >= 15 is 0 Å². The van der Waals surface area contributed by atoms with Crippen molar-refractivity contribution >= 4 is 45.8 Å². The highest BCUT2D eigenvalue weighted by Crippen LogP contribution is 2.26. The Labute approximate surface area is 149 Å². The van der Waals surface area contributed by atoms with Crippen LogP contribution in [-0.4, -0.2) is 11.5 Å². The first-order chi connectivity index (χ1) is 10.1. The van der Waals surface area contributed by atoms with Crippen LogP contribution in [0.2, 0.25) is 10.0 Å². The summed E-state index contributed by atoms with van der Waals surface area (Å²) in [6.07, 6.45) is 3.57. The molecular weight excluding hydrogens is 418 g/mol. The van der Waals surface area contributed by atoms with Gasteiger partial charge in [0.05, 0.1) is 21.8 Å². The molecule has 0 saturated carbocycles. The standard InChI is InChI=1S/C16H17Cl2IN2/c1-2-7-20-15(8-11-3-5-13(19)6-4-11)16-14(18)9-12(17)10-21-16/h3-6,9-10,15,20H,2,7-8H2,1H3. The van der Waals surface area contributed by atoms with Gasteiger partial charge in [0.2, 0.25) is 0 Å². The molecule has 0 aliphatic heterocycles. The van der Waals surface area contributed by atoms with Crippen LogP contribution < -0.4 is 5.32 Å². The normalized spacial score (nSPS) is 12.4. The maximum absolute atomic E-state index is 6.31. The third kappa shape index (κ3) is 5.09. The quantitative estimate of drug-likeness (QED) is 0.626. The Hall–Kier alpha value is -0.360. The molecular formula is C16H17Cl2IN2. The van der Waals surface area contributed by atoms with Crippen molar-refractivity contribution in [3.8, 4) is 0 Å². The molecule has 0 amide bonds. The van der Waals surface area contributed by atoms with Crippen LogP contribution in [0.5, 0.6) is 0 Å². The van der Waals surface area contributed by atoms with Crippen molar-refractivity contribution in [3.05, 3.63) is 61.4 Å². The molecule has 5 heteroatoms. The van der Waals surface area contributed by atoms with E-state index in [4.69, 9.17) is 23.2 Å². The molecule has 1 aromatic heterocycles. The average molecular weight is 435 g/mol. The second-order valence-electron chi connectivity index (χ2n) is 4.86. The Morgan fingerprint density at radius 1 is 1.24 bits per heavy atom. The average Bonchev–Trinajstić information content (AvgIpc) is 2.46. The monoisotopic (exact) mass is 434 g/mol. The molecule has 0 spiro atoms. The summed E-state index contributed by atoms with van der Waals surface area (Å²) in [6, 6.07) is 10.4. The van der Waals surface area contributed by atoms with Gasteiger partial charge in [0.15, 0.2) is 0 Å². The summed E-state index contributed by atoms with van der Waals surface area (Å²) >= 11 is 14.6. The molecule has 0 saturated heterocycles. The number of rotatable bonds is 6. The molecule has 2 nitrogen and oxygen atoms in total. The number of benzene rings is 1. The number of aromatic nitrogens is 1. The second kappa shape index (κ2) is 8.32. The Kier molecular flexibility index (Phi) is 6.74. The van der Waals surface area contributed by atoms with Gasteiger partial charge in [0.25, 0.3) is 0 Å². The van der Waals surface area contributed by atoms with Gasteiger partial charge in [-0.2, -0.15) is 0 Å². The van der Waals surface area contributed by atoms with Crippen LogP contribution in [0.25, 0.3) is 0 Å². The van der Waals surface area contributed by atoms with Crippen molar-refractivity contribution in [2.45, 2.75) is 25.8 Å². The Morgan fingerprint density at radius 3 is 2.57 bits per heavy atom. The topological polar surface area (TPSA) is 24.9 Å². The van der Waals surface area contributed by atoms with E-state index in [-0.39, 0.29) is 6.04 Å². The van der Waals surface area contributed by atoms with Gasteiger partial charge < -0.3 is 5.32 Å². The summed E-state index contributed by atoms with van der Waals surface area (Å²) in [5.41, 5.74) is 2.12. The molecule has 1 N–H and O–H groups in total. The fraction of sp³-hybridized carbons (Fsp3) is 0.312. The van der Waals surface area contributed by atoms with Crippen LogP contribution in [0.1, 0.15) is 30.6 Å². The fourth-order valence-corrected chi connectivity index (χ4v) is 2.99. The molecule has 21 heavy (non-hydrogen) atoms. The SMILES string of the molecule is CCCNC(Cc1ccc(I)cc1)c1ncc(Cl)cc1Cl. The number of hydrogen-bond donors (Lipinski definition) is 1. The molecule has 2 aromatic rings. The van der Waals surface area contributed by atoms with Crippen molar-refractivity contribution in [3.63, 3.8) is 0 Å². The molecule has 1 atom stereocenters. The number of halogens is 3. The van der Waals surface area contributed by atoms with Gasteiger partial charge in [-0.05, 0) is 65.7 Å². The van der Waals surface area contributed by atoms with Gasteiger partial charge >= 0.3 is 0 Å². The van der Waals surface area contributed by atoms with E-state index in [1.807, 2.05) is 0 Å². The van der Waals surface area contributed by atoms with Gasteiger partial charge in [0, 0.05) is 9.77 Å². The maximum Gasteiger partial charge on any atom is 0.0763 e. The van der Waals surface area contributed by atoms with E-state index in [1.54, 1.807) is 12.3 Å². The smallest absolute Gasteiger partial charge is 0.0763 e. The largest absolute Gasteiger partial charge is 0.308 e. The van der Waals surface area contributed by atoms with Crippen molar-refractivity contribution in [1.29, 1.82) is 0 Å². The van der Waals surface area contributed by atoms with Crippen molar-refractivity contribution in [2.24, 2.45) is 0 Å². The molecule has 1 aromatic carbocycles. The number of pyridine rings is 1. The molecule has 1 heterocycles. The predicted octanol–water partition coefficient (Wildman–Crippen LogP) is 5.28. The molecule has 112 valence electrons. The summed E-state index contributed by atoms with van der Waals surface area (Å²) < 4.78 is 1.23. The summed E-state index contributed by atoms with van der Waals surface area (Å²) in [4.78, 5) is 4.42. The highest BCUT2D eigenvalue weighted by atomic mass is 127. The lowest BCUT2D eigenvalue weighted by Crippen LogP contribution is -2.25. The fourth-order valence-electron chi connectivity index (χ4n) is 2.12. The molecule has 0 aliphatic rings. The lowest BCUT2D eigenvalue weighted by molar-refractivity contribution is 0.518. The van der Waals surface area contributed by atoms with Crippen molar-refractivity contribution in [1.82, 2.24) is 10.3 Å². The zero-order valence-corrected chi connectivity index (χ0v) is 15.4. The third-order valence-electron chi connectivity index (χ3n) is 3.16. The van der Waals surface area contributed by atoms with Crippen molar-refractivity contribution < 1.29 is 0 Å². The van der Waals surface area contributed by atoms with Gasteiger partial charge in [-0.1, -0.05) is 42.3 Å². The molecule has 0 bridgehead atoms. The van der Waals surface area contributed by atoms with Crippen LogP contribution in [0.3, 0.4) is 0 Å². The van der Waals surface area contributed by atoms with E-state index in [0.29, 0.717) is 10.0 Å². The van der Waals surface area contributed by atoms with E-state index in [1.165, 1.54) is 9.13 Å². The first-order valence-electron chi connectivity index (χ1n) is 6.89. The zero-order valence-electron chi connectivity index (χ0n) is 11.7. The lowest BCUT2D eigenvalue weighted by Gasteiger charge is -2.19. The van der Waals surface area contributed by atoms with Crippen LogP contribution in [0.15, 0.2) is 36.5 Å².